The van der Waals surface area contributed by atoms with Crippen LogP contribution in [-0.2, 0) is 0 Å². The van der Waals surface area contributed by atoms with E-state index in [0.717, 1.165) is 24.2 Å². The predicted molar refractivity (Wildman–Crippen MR) is 89.0 cm³/mol. The third-order valence-corrected chi connectivity index (χ3v) is 3.47. The van der Waals surface area contributed by atoms with Crippen LogP contribution in [0, 0.1) is 0 Å². The van der Waals surface area contributed by atoms with Crippen LogP contribution >= 0.6 is 0 Å². The van der Waals surface area contributed by atoms with Gasteiger partial charge in [0.25, 0.3) is 5.91 Å². The van der Waals surface area contributed by atoms with Gasteiger partial charge in [-0.05, 0) is 49.7 Å². The molecule has 2 rings (SSSR count). The van der Waals surface area contributed by atoms with E-state index in [1.165, 1.54) is 0 Å². The number of hydrogen-bond acceptors (Lipinski definition) is 3. The lowest BCUT2D eigenvalue weighted by atomic mass is 10.1. The highest BCUT2D eigenvalue weighted by Crippen LogP contribution is 2.18. The molecule has 2 aromatic carbocycles. The van der Waals surface area contributed by atoms with Crippen molar-refractivity contribution in [3.05, 3.63) is 65.7 Å². The Morgan fingerprint density at radius 1 is 1.14 bits per heavy atom. The SMILES string of the molecule is CC(NCCCO)c1cccc(NC(=O)c2ccccc2)c1. The van der Waals surface area contributed by atoms with Crippen molar-refractivity contribution in [1.29, 1.82) is 0 Å². The summed E-state index contributed by atoms with van der Waals surface area (Å²) < 4.78 is 0. The molecule has 22 heavy (non-hydrogen) atoms. The van der Waals surface area contributed by atoms with Crippen molar-refractivity contribution in [3.8, 4) is 0 Å². The summed E-state index contributed by atoms with van der Waals surface area (Å²) in [6.45, 7) is 3.01. The van der Waals surface area contributed by atoms with E-state index in [-0.39, 0.29) is 18.6 Å². The summed E-state index contributed by atoms with van der Waals surface area (Å²) in [5.74, 6) is -0.112. The molecule has 0 saturated carbocycles. The lowest BCUT2D eigenvalue weighted by Gasteiger charge is -2.15. The number of rotatable bonds is 7. The maximum atomic E-state index is 12.2. The van der Waals surface area contributed by atoms with Crippen LogP contribution in [0.4, 0.5) is 5.69 Å². The molecule has 3 N–H and O–H groups in total. The molecule has 1 unspecified atom stereocenters. The second-order valence-electron chi connectivity index (χ2n) is 5.20. The fourth-order valence-electron chi connectivity index (χ4n) is 2.19. The Bertz CT molecular complexity index is 599. The molecule has 4 nitrogen and oxygen atoms in total. The summed E-state index contributed by atoms with van der Waals surface area (Å²) in [6.07, 6.45) is 0.731. The van der Waals surface area contributed by atoms with Gasteiger partial charge in [0.15, 0.2) is 0 Å². The summed E-state index contributed by atoms with van der Waals surface area (Å²) >= 11 is 0. The van der Waals surface area contributed by atoms with Gasteiger partial charge in [-0.1, -0.05) is 30.3 Å². The van der Waals surface area contributed by atoms with Crippen LogP contribution in [0.1, 0.15) is 35.3 Å². The maximum absolute atomic E-state index is 12.2. The van der Waals surface area contributed by atoms with Gasteiger partial charge in [-0.15, -0.1) is 0 Å². The van der Waals surface area contributed by atoms with E-state index in [4.69, 9.17) is 5.11 Å². The second-order valence-corrected chi connectivity index (χ2v) is 5.20. The average molecular weight is 298 g/mol. The first kappa shape index (κ1) is 16.2. The quantitative estimate of drug-likeness (QED) is 0.689. The van der Waals surface area contributed by atoms with Crippen LogP contribution in [0.3, 0.4) is 0 Å². The number of nitrogens with one attached hydrogen (secondary N) is 2. The molecule has 0 spiro atoms. The zero-order valence-electron chi connectivity index (χ0n) is 12.8. The van der Waals surface area contributed by atoms with Crippen molar-refractivity contribution >= 4 is 11.6 Å². The number of aliphatic hydroxyl groups is 1. The van der Waals surface area contributed by atoms with Crippen molar-refractivity contribution < 1.29 is 9.90 Å². The molecular formula is C18H22N2O2. The van der Waals surface area contributed by atoms with Crippen LogP contribution in [0.2, 0.25) is 0 Å². The van der Waals surface area contributed by atoms with Gasteiger partial charge in [0.05, 0.1) is 0 Å². The Morgan fingerprint density at radius 3 is 2.64 bits per heavy atom. The van der Waals surface area contributed by atoms with Crippen LogP contribution in [0.25, 0.3) is 0 Å². The summed E-state index contributed by atoms with van der Waals surface area (Å²) in [6, 6.07) is 17.1. The van der Waals surface area contributed by atoms with Crippen molar-refractivity contribution in [2.75, 3.05) is 18.5 Å². The van der Waals surface area contributed by atoms with Gasteiger partial charge in [0, 0.05) is 23.9 Å². The van der Waals surface area contributed by atoms with Crippen molar-refractivity contribution in [2.24, 2.45) is 0 Å². The Labute approximate surface area is 131 Å². The number of anilines is 1. The zero-order valence-corrected chi connectivity index (χ0v) is 12.8. The Kier molecular flexibility index (Phi) is 6.13. The molecule has 0 aromatic heterocycles. The van der Waals surface area contributed by atoms with E-state index in [1.807, 2.05) is 42.5 Å². The molecule has 116 valence electrons. The number of carbonyl (C=O) groups is 1. The molecule has 0 bridgehead atoms. The molecule has 4 heteroatoms. The van der Waals surface area contributed by atoms with E-state index in [9.17, 15) is 4.79 Å². The smallest absolute Gasteiger partial charge is 0.255 e. The largest absolute Gasteiger partial charge is 0.396 e. The van der Waals surface area contributed by atoms with E-state index in [0.29, 0.717) is 5.56 Å². The predicted octanol–water partition coefficient (Wildman–Crippen LogP) is 2.97. The van der Waals surface area contributed by atoms with Crippen molar-refractivity contribution in [3.63, 3.8) is 0 Å². The minimum Gasteiger partial charge on any atom is -0.396 e. The Balaban J connectivity index is 2.00. The first-order valence-corrected chi connectivity index (χ1v) is 7.51. The van der Waals surface area contributed by atoms with Gasteiger partial charge in [-0.2, -0.15) is 0 Å². The summed E-state index contributed by atoms with van der Waals surface area (Å²) in [4.78, 5) is 12.2. The summed E-state index contributed by atoms with van der Waals surface area (Å²) in [7, 11) is 0. The summed E-state index contributed by atoms with van der Waals surface area (Å²) in [5.41, 5.74) is 2.52. The molecule has 0 saturated heterocycles. The van der Waals surface area contributed by atoms with Crippen LogP contribution in [-0.4, -0.2) is 24.2 Å². The fraction of sp³-hybridized carbons (Fsp3) is 0.278. The fourth-order valence-corrected chi connectivity index (χ4v) is 2.19. The highest BCUT2D eigenvalue weighted by molar-refractivity contribution is 6.04. The Hall–Kier alpha value is -2.17. The number of hydrogen-bond donors (Lipinski definition) is 3. The van der Waals surface area contributed by atoms with Crippen LogP contribution < -0.4 is 10.6 Å². The molecule has 0 aliphatic carbocycles. The van der Waals surface area contributed by atoms with Gasteiger partial charge in [0.1, 0.15) is 0 Å². The molecule has 0 fully saturated rings. The van der Waals surface area contributed by atoms with E-state index in [2.05, 4.69) is 17.6 Å². The highest BCUT2D eigenvalue weighted by atomic mass is 16.3. The number of amides is 1. The van der Waals surface area contributed by atoms with E-state index in [1.54, 1.807) is 12.1 Å². The van der Waals surface area contributed by atoms with Crippen LogP contribution in [0.15, 0.2) is 54.6 Å². The molecular weight excluding hydrogens is 276 g/mol. The number of aliphatic hydroxyl groups excluding tert-OH is 1. The molecule has 0 aliphatic rings. The summed E-state index contributed by atoms with van der Waals surface area (Å²) in [5, 5.41) is 15.1. The van der Waals surface area contributed by atoms with Crippen molar-refractivity contribution in [1.82, 2.24) is 5.32 Å². The molecule has 2 aromatic rings. The minimum absolute atomic E-state index is 0.112. The zero-order chi connectivity index (χ0) is 15.8. The lowest BCUT2D eigenvalue weighted by Crippen LogP contribution is -2.20. The van der Waals surface area contributed by atoms with E-state index < -0.39 is 0 Å². The second kappa shape index (κ2) is 8.32. The Morgan fingerprint density at radius 2 is 1.91 bits per heavy atom. The number of benzene rings is 2. The van der Waals surface area contributed by atoms with Crippen LogP contribution in [0.5, 0.6) is 0 Å². The monoisotopic (exact) mass is 298 g/mol. The van der Waals surface area contributed by atoms with Gasteiger partial charge in [-0.3, -0.25) is 4.79 Å². The molecule has 0 radical (unpaired) electrons. The lowest BCUT2D eigenvalue weighted by molar-refractivity contribution is 0.102. The molecule has 0 aliphatic heterocycles. The maximum Gasteiger partial charge on any atom is 0.255 e. The van der Waals surface area contributed by atoms with Gasteiger partial charge in [-0.25, -0.2) is 0 Å². The van der Waals surface area contributed by atoms with Crippen molar-refractivity contribution in [2.45, 2.75) is 19.4 Å². The molecule has 0 heterocycles. The normalized spacial score (nSPS) is 11.9. The minimum atomic E-state index is -0.112. The average Bonchev–Trinajstić information content (AvgIpc) is 2.56. The third kappa shape index (κ3) is 4.69. The standard InChI is InChI=1S/C18H22N2O2/c1-14(19-11-6-12-21)16-9-5-10-17(13-16)20-18(22)15-7-3-2-4-8-15/h2-5,7-10,13-14,19,21H,6,11-12H2,1H3,(H,20,22). The van der Waals surface area contributed by atoms with Gasteiger partial charge < -0.3 is 15.7 Å². The van der Waals surface area contributed by atoms with Gasteiger partial charge in [0.2, 0.25) is 0 Å². The highest BCUT2D eigenvalue weighted by Gasteiger charge is 2.08. The first-order chi connectivity index (χ1) is 10.7. The number of carbonyl (C=O) groups excluding carboxylic acids is 1. The third-order valence-electron chi connectivity index (χ3n) is 3.47. The molecule has 1 atom stereocenters. The topological polar surface area (TPSA) is 61.4 Å². The first-order valence-electron chi connectivity index (χ1n) is 7.51. The van der Waals surface area contributed by atoms with Gasteiger partial charge >= 0.3 is 0 Å². The van der Waals surface area contributed by atoms with E-state index >= 15 is 0 Å². The molecule has 1 amide bonds.